The second-order valence-electron chi connectivity index (χ2n) is 5.88. The molecular formula is C17H24N2. The molecule has 1 fully saturated rings. The highest BCUT2D eigenvalue weighted by atomic mass is 15.1. The number of rotatable bonds is 2. The fourth-order valence-electron chi connectivity index (χ4n) is 3.44. The minimum absolute atomic E-state index is 0.460. The van der Waals surface area contributed by atoms with Gasteiger partial charge in [0, 0.05) is 25.2 Å². The zero-order valence-electron chi connectivity index (χ0n) is 12.1. The van der Waals surface area contributed by atoms with Crippen molar-refractivity contribution in [3.8, 4) is 0 Å². The quantitative estimate of drug-likeness (QED) is 0.850. The second-order valence-corrected chi connectivity index (χ2v) is 5.88. The highest BCUT2D eigenvalue weighted by Gasteiger charge is 2.24. The smallest absolute Gasteiger partial charge is 0.0450 e. The Morgan fingerprint density at radius 2 is 2.05 bits per heavy atom. The van der Waals surface area contributed by atoms with E-state index in [-0.39, 0.29) is 0 Å². The predicted octanol–water partition coefficient (Wildman–Crippen LogP) is 2.97. The lowest BCUT2D eigenvalue weighted by molar-refractivity contribution is 0.344. The van der Waals surface area contributed by atoms with Gasteiger partial charge in [-0.05, 0) is 54.0 Å². The van der Waals surface area contributed by atoms with E-state index >= 15 is 0 Å². The van der Waals surface area contributed by atoms with Crippen LogP contribution in [0.3, 0.4) is 0 Å². The van der Waals surface area contributed by atoms with E-state index < -0.39 is 0 Å². The van der Waals surface area contributed by atoms with E-state index in [4.69, 9.17) is 0 Å². The van der Waals surface area contributed by atoms with Crippen LogP contribution in [0.25, 0.3) is 5.57 Å². The molecule has 3 rings (SSSR count). The molecule has 2 atom stereocenters. The Morgan fingerprint density at radius 1 is 1.21 bits per heavy atom. The summed E-state index contributed by atoms with van der Waals surface area (Å²) in [6.07, 6.45) is 3.50. The fraction of sp³-hybridized carbons (Fsp3) is 0.529. The third kappa shape index (κ3) is 2.24. The highest BCUT2D eigenvalue weighted by Crippen LogP contribution is 2.35. The van der Waals surface area contributed by atoms with Crippen LogP contribution in [-0.2, 0) is 6.42 Å². The summed E-state index contributed by atoms with van der Waals surface area (Å²) < 4.78 is 0. The Balaban J connectivity index is 1.85. The van der Waals surface area contributed by atoms with E-state index in [1.807, 2.05) is 0 Å². The van der Waals surface area contributed by atoms with Gasteiger partial charge >= 0.3 is 0 Å². The van der Waals surface area contributed by atoms with Crippen molar-refractivity contribution < 1.29 is 0 Å². The van der Waals surface area contributed by atoms with E-state index in [1.165, 1.54) is 40.7 Å². The Bertz CT molecular complexity index is 496. The van der Waals surface area contributed by atoms with E-state index in [2.05, 4.69) is 43.2 Å². The molecule has 1 aromatic rings. The summed E-state index contributed by atoms with van der Waals surface area (Å²) in [5, 5.41) is 7.34. The maximum absolute atomic E-state index is 4.17. The minimum atomic E-state index is 0.460. The number of fused-ring (bicyclic) bond motifs is 1. The van der Waals surface area contributed by atoms with Crippen molar-refractivity contribution in [2.75, 3.05) is 13.1 Å². The van der Waals surface area contributed by atoms with Crippen molar-refractivity contribution in [3.63, 3.8) is 0 Å². The van der Waals surface area contributed by atoms with Crippen LogP contribution in [0.1, 0.15) is 48.1 Å². The first-order valence-corrected chi connectivity index (χ1v) is 7.48. The van der Waals surface area contributed by atoms with E-state index in [1.54, 1.807) is 0 Å². The molecule has 2 heteroatoms. The van der Waals surface area contributed by atoms with Crippen LogP contribution >= 0.6 is 0 Å². The highest BCUT2D eigenvalue weighted by molar-refractivity contribution is 5.72. The third-order valence-electron chi connectivity index (χ3n) is 4.79. The molecule has 2 N–H and O–H groups in total. The molecule has 0 spiro atoms. The maximum atomic E-state index is 4.17. The SMILES string of the molecule is C=C1CCc2c1ccc(C1CNC(CC)CN1)c2C. The Kier molecular flexibility index (Phi) is 3.46. The molecule has 1 aliphatic carbocycles. The van der Waals surface area contributed by atoms with Gasteiger partial charge in [-0.2, -0.15) is 0 Å². The minimum Gasteiger partial charge on any atom is -0.311 e. The van der Waals surface area contributed by atoms with Crippen LogP contribution in [0.2, 0.25) is 0 Å². The maximum Gasteiger partial charge on any atom is 0.0450 e. The van der Waals surface area contributed by atoms with Crippen molar-refractivity contribution in [3.05, 3.63) is 41.0 Å². The number of piperazine rings is 1. The van der Waals surface area contributed by atoms with Crippen molar-refractivity contribution in [1.29, 1.82) is 0 Å². The van der Waals surface area contributed by atoms with Crippen LogP contribution in [0, 0.1) is 6.92 Å². The Labute approximate surface area is 116 Å². The molecule has 19 heavy (non-hydrogen) atoms. The average molecular weight is 256 g/mol. The molecule has 102 valence electrons. The van der Waals surface area contributed by atoms with Gasteiger partial charge in [-0.1, -0.05) is 25.6 Å². The molecule has 1 aromatic carbocycles. The second kappa shape index (κ2) is 5.10. The lowest BCUT2D eigenvalue weighted by atomic mass is 9.92. The first-order chi connectivity index (χ1) is 9.20. The van der Waals surface area contributed by atoms with Gasteiger partial charge in [0.15, 0.2) is 0 Å². The zero-order chi connectivity index (χ0) is 13.4. The molecule has 0 saturated carbocycles. The Morgan fingerprint density at radius 3 is 2.74 bits per heavy atom. The average Bonchev–Trinajstić information content (AvgIpc) is 2.82. The van der Waals surface area contributed by atoms with Gasteiger partial charge in [-0.3, -0.25) is 0 Å². The summed E-state index contributed by atoms with van der Waals surface area (Å²) >= 11 is 0. The van der Waals surface area contributed by atoms with Crippen LogP contribution in [0.15, 0.2) is 18.7 Å². The molecule has 1 saturated heterocycles. The molecular weight excluding hydrogens is 232 g/mol. The normalized spacial score (nSPS) is 26.5. The summed E-state index contributed by atoms with van der Waals surface area (Å²) in [5.74, 6) is 0. The third-order valence-corrected chi connectivity index (χ3v) is 4.79. The molecule has 1 heterocycles. The van der Waals surface area contributed by atoms with Gasteiger partial charge in [0.05, 0.1) is 0 Å². The van der Waals surface area contributed by atoms with Gasteiger partial charge in [-0.15, -0.1) is 0 Å². The lowest BCUT2D eigenvalue weighted by Crippen LogP contribution is -2.49. The molecule has 0 amide bonds. The van der Waals surface area contributed by atoms with E-state index in [9.17, 15) is 0 Å². The Hall–Kier alpha value is -1.12. The van der Waals surface area contributed by atoms with Crippen LogP contribution < -0.4 is 10.6 Å². The number of allylic oxidation sites excluding steroid dienone is 1. The van der Waals surface area contributed by atoms with Gasteiger partial charge in [0.1, 0.15) is 0 Å². The standard InChI is InChI=1S/C17H24N2/c1-4-13-9-19-17(10-18-13)16-8-7-14-11(2)5-6-15(14)12(16)3/h7-8,13,17-19H,2,4-6,9-10H2,1,3H3. The summed E-state index contributed by atoms with van der Waals surface area (Å²) in [6.45, 7) is 10.8. The summed E-state index contributed by atoms with van der Waals surface area (Å²) in [7, 11) is 0. The zero-order valence-corrected chi connectivity index (χ0v) is 12.1. The number of nitrogens with one attached hydrogen (secondary N) is 2. The molecule has 2 unspecified atom stereocenters. The first kappa shape index (κ1) is 12.9. The summed E-state index contributed by atoms with van der Waals surface area (Å²) in [4.78, 5) is 0. The van der Waals surface area contributed by atoms with Crippen molar-refractivity contribution in [1.82, 2.24) is 10.6 Å². The molecule has 2 nitrogen and oxygen atoms in total. The molecule has 2 aliphatic rings. The monoisotopic (exact) mass is 256 g/mol. The fourth-order valence-corrected chi connectivity index (χ4v) is 3.44. The molecule has 0 aromatic heterocycles. The lowest BCUT2D eigenvalue weighted by Gasteiger charge is -2.32. The number of hydrogen-bond donors (Lipinski definition) is 2. The summed E-state index contributed by atoms with van der Waals surface area (Å²) in [6, 6.07) is 5.67. The van der Waals surface area contributed by atoms with Gasteiger partial charge in [-0.25, -0.2) is 0 Å². The van der Waals surface area contributed by atoms with E-state index in [0.29, 0.717) is 12.1 Å². The molecule has 1 aliphatic heterocycles. The van der Waals surface area contributed by atoms with Crippen molar-refractivity contribution in [2.24, 2.45) is 0 Å². The van der Waals surface area contributed by atoms with Crippen LogP contribution in [0.4, 0.5) is 0 Å². The number of hydrogen-bond acceptors (Lipinski definition) is 2. The largest absolute Gasteiger partial charge is 0.311 e. The molecule has 0 radical (unpaired) electrons. The first-order valence-electron chi connectivity index (χ1n) is 7.48. The summed E-state index contributed by atoms with van der Waals surface area (Å²) in [5.41, 5.74) is 7.18. The molecule has 0 bridgehead atoms. The van der Waals surface area contributed by atoms with Gasteiger partial charge < -0.3 is 10.6 Å². The van der Waals surface area contributed by atoms with Crippen molar-refractivity contribution >= 4 is 5.57 Å². The van der Waals surface area contributed by atoms with E-state index in [0.717, 1.165) is 19.5 Å². The van der Waals surface area contributed by atoms with Crippen LogP contribution in [0.5, 0.6) is 0 Å². The van der Waals surface area contributed by atoms with Crippen molar-refractivity contribution in [2.45, 2.75) is 45.2 Å². The van der Waals surface area contributed by atoms with Gasteiger partial charge in [0.25, 0.3) is 0 Å². The van der Waals surface area contributed by atoms with Gasteiger partial charge in [0.2, 0.25) is 0 Å². The predicted molar refractivity (Wildman–Crippen MR) is 81.4 cm³/mol. The number of benzene rings is 1. The van der Waals surface area contributed by atoms with Crippen LogP contribution in [-0.4, -0.2) is 19.1 Å². The topological polar surface area (TPSA) is 24.1 Å².